The summed E-state index contributed by atoms with van der Waals surface area (Å²) in [7, 11) is 1.29. The maximum atomic E-state index is 12.7. The highest BCUT2D eigenvalue weighted by molar-refractivity contribution is 6.21. The Morgan fingerprint density at radius 2 is 1.61 bits per heavy atom. The molecule has 156 valence electrons. The van der Waals surface area contributed by atoms with Crippen molar-refractivity contribution in [1.82, 2.24) is 4.90 Å². The van der Waals surface area contributed by atoms with E-state index in [1.54, 1.807) is 36.4 Å². The molecule has 0 N–H and O–H groups in total. The molecule has 1 aliphatic heterocycles. The monoisotopic (exact) mass is 419 g/mol. The molecule has 0 radical (unpaired) electrons. The van der Waals surface area contributed by atoms with E-state index >= 15 is 0 Å². The van der Waals surface area contributed by atoms with Crippen LogP contribution in [0, 0.1) is 0 Å². The van der Waals surface area contributed by atoms with E-state index in [9.17, 15) is 19.2 Å². The third-order valence-corrected chi connectivity index (χ3v) is 4.85. The predicted molar refractivity (Wildman–Crippen MR) is 106 cm³/mol. The summed E-state index contributed by atoms with van der Waals surface area (Å²) in [6, 6.07) is 14.0. The number of carbonyl (C=O) groups excluding carboxylic acids is 4. The molecular formula is C23H17NO7. The topological polar surface area (TPSA) is 103 Å². The number of ether oxygens (including phenoxy) is 2. The Morgan fingerprint density at radius 3 is 2.29 bits per heavy atom. The number of imide groups is 1. The number of methoxy groups -OCH3 is 1. The molecule has 0 spiro atoms. The van der Waals surface area contributed by atoms with Gasteiger partial charge in [-0.3, -0.25) is 14.5 Å². The van der Waals surface area contributed by atoms with Crippen LogP contribution in [0.1, 0.15) is 52.8 Å². The van der Waals surface area contributed by atoms with Gasteiger partial charge >= 0.3 is 11.9 Å². The molecule has 0 atom stereocenters. The number of furan rings is 1. The first-order valence-electron chi connectivity index (χ1n) is 9.35. The highest BCUT2D eigenvalue weighted by atomic mass is 16.5. The Kier molecular flexibility index (Phi) is 5.36. The highest BCUT2D eigenvalue weighted by Crippen LogP contribution is 2.26. The molecule has 0 saturated heterocycles. The van der Waals surface area contributed by atoms with E-state index < -0.39 is 23.8 Å². The average Bonchev–Trinajstić information content (AvgIpc) is 3.40. The van der Waals surface area contributed by atoms with Crippen molar-refractivity contribution in [2.45, 2.75) is 13.2 Å². The molecule has 1 aromatic heterocycles. The lowest BCUT2D eigenvalue weighted by Gasteiger charge is -2.11. The maximum Gasteiger partial charge on any atom is 0.338 e. The molecule has 8 heteroatoms. The summed E-state index contributed by atoms with van der Waals surface area (Å²) in [5.41, 5.74) is 1.60. The molecule has 2 amide bonds. The number of hydrogen-bond acceptors (Lipinski definition) is 7. The first-order chi connectivity index (χ1) is 15.0. The summed E-state index contributed by atoms with van der Waals surface area (Å²) in [5.74, 6) is -1.55. The Labute approximate surface area is 177 Å². The van der Waals surface area contributed by atoms with Gasteiger partial charge in [-0.25, -0.2) is 9.59 Å². The molecule has 3 aromatic rings. The van der Waals surface area contributed by atoms with Crippen molar-refractivity contribution >= 4 is 23.8 Å². The van der Waals surface area contributed by atoms with E-state index in [1.807, 2.05) is 0 Å². The number of carbonyl (C=O) groups is 4. The lowest BCUT2D eigenvalue weighted by atomic mass is 10.1. The van der Waals surface area contributed by atoms with Gasteiger partial charge in [-0.1, -0.05) is 12.1 Å². The fourth-order valence-electron chi connectivity index (χ4n) is 3.21. The Bertz CT molecular complexity index is 1160. The molecule has 0 bridgehead atoms. The molecule has 2 heterocycles. The SMILES string of the molecule is COC(=O)c1ccc(COC(=O)c2ccc3c(c2)C(=O)N(Cc2ccco2)C3=O)cc1. The van der Waals surface area contributed by atoms with Gasteiger partial charge in [0.2, 0.25) is 0 Å². The van der Waals surface area contributed by atoms with Crippen LogP contribution in [0.15, 0.2) is 65.3 Å². The van der Waals surface area contributed by atoms with Crippen molar-refractivity contribution in [2.24, 2.45) is 0 Å². The zero-order chi connectivity index (χ0) is 22.0. The molecule has 0 aliphatic carbocycles. The number of amides is 2. The van der Waals surface area contributed by atoms with Gasteiger partial charge in [-0.15, -0.1) is 0 Å². The van der Waals surface area contributed by atoms with Crippen LogP contribution in [-0.4, -0.2) is 35.8 Å². The number of nitrogens with zero attached hydrogens (tertiary/aromatic N) is 1. The molecular weight excluding hydrogens is 402 g/mol. The number of fused-ring (bicyclic) bond motifs is 1. The quantitative estimate of drug-likeness (QED) is 0.446. The summed E-state index contributed by atoms with van der Waals surface area (Å²) >= 11 is 0. The molecule has 2 aromatic carbocycles. The van der Waals surface area contributed by atoms with E-state index in [0.717, 1.165) is 4.90 Å². The van der Waals surface area contributed by atoms with Crippen LogP contribution in [0.3, 0.4) is 0 Å². The standard InChI is InChI=1S/C23H17NO7/c1-29-22(27)15-6-4-14(5-7-15)13-31-23(28)16-8-9-18-19(11-16)21(26)24(20(18)25)12-17-3-2-10-30-17/h2-11H,12-13H2,1H3. The van der Waals surface area contributed by atoms with E-state index in [4.69, 9.17) is 9.15 Å². The summed E-state index contributed by atoms with van der Waals surface area (Å²) in [6.45, 7) is -0.00440. The largest absolute Gasteiger partial charge is 0.467 e. The fraction of sp³-hybridized carbons (Fsp3) is 0.130. The van der Waals surface area contributed by atoms with Crippen molar-refractivity contribution < 1.29 is 33.1 Å². The van der Waals surface area contributed by atoms with E-state index in [1.165, 1.54) is 31.6 Å². The van der Waals surface area contributed by atoms with Crippen LogP contribution in [0.5, 0.6) is 0 Å². The van der Waals surface area contributed by atoms with E-state index in [-0.39, 0.29) is 29.8 Å². The van der Waals surface area contributed by atoms with Crippen molar-refractivity contribution in [1.29, 1.82) is 0 Å². The van der Waals surface area contributed by atoms with Crippen molar-refractivity contribution in [2.75, 3.05) is 7.11 Å². The number of hydrogen-bond donors (Lipinski definition) is 0. The third-order valence-electron chi connectivity index (χ3n) is 4.85. The van der Waals surface area contributed by atoms with Crippen molar-refractivity contribution in [3.8, 4) is 0 Å². The molecule has 0 unspecified atom stereocenters. The summed E-state index contributed by atoms with van der Waals surface area (Å²) in [4.78, 5) is 50.2. The fourth-order valence-corrected chi connectivity index (χ4v) is 3.21. The van der Waals surface area contributed by atoms with Crippen LogP contribution < -0.4 is 0 Å². The zero-order valence-electron chi connectivity index (χ0n) is 16.5. The van der Waals surface area contributed by atoms with Gasteiger partial charge < -0.3 is 13.9 Å². The van der Waals surface area contributed by atoms with E-state index in [2.05, 4.69) is 4.74 Å². The second-order valence-corrected chi connectivity index (χ2v) is 6.80. The van der Waals surface area contributed by atoms with Crippen LogP contribution >= 0.6 is 0 Å². The predicted octanol–water partition coefficient (Wildman–Crippen LogP) is 3.22. The molecule has 1 aliphatic rings. The smallest absolute Gasteiger partial charge is 0.338 e. The van der Waals surface area contributed by atoms with Gasteiger partial charge in [0.25, 0.3) is 11.8 Å². The van der Waals surface area contributed by atoms with Crippen LogP contribution in [0.25, 0.3) is 0 Å². The Hall–Kier alpha value is -4.20. The molecule has 0 saturated carbocycles. The maximum absolute atomic E-state index is 12.7. The first-order valence-corrected chi connectivity index (χ1v) is 9.35. The minimum Gasteiger partial charge on any atom is -0.467 e. The number of rotatable bonds is 6. The molecule has 31 heavy (non-hydrogen) atoms. The van der Waals surface area contributed by atoms with Crippen LogP contribution in [0.2, 0.25) is 0 Å². The second kappa shape index (κ2) is 8.27. The average molecular weight is 419 g/mol. The minimum absolute atomic E-state index is 0.0146. The normalized spacial score (nSPS) is 12.6. The van der Waals surface area contributed by atoms with Gasteiger partial charge in [0, 0.05) is 0 Å². The summed E-state index contributed by atoms with van der Waals surface area (Å²) < 4.78 is 15.1. The Morgan fingerprint density at radius 1 is 0.903 bits per heavy atom. The van der Waals surface area contributed by atoms with Gasteiger partial charge in [-0.2, -0.15) is 0 Å². The summed E-state index contributed by atoms with van der Waals surface area (Å²) in [6.07, 6.45) is 1.46. The first kappa shape index (κ1) is 20.1. The van der Waals surface area contributed by atoms with Crippen LogP contribution in [0.4, 0.5) is 0 Å². The van der Waals surface area contributed by atoms with Gasteiger partial charge in [0.05, 0.1) is 42.2 Å². The highest BCUT2D eigenvalue weighted by Gasteiger charge is 2.36. The number of benzene rings is 2. The zero-order valence-corrected chi connectivity index (χ0v) is 16.5. The molecule has 8 nitrogen and oxygen atoms in total. The van der Waals surface area contributed by atoms with Gasteiger partial charge in [0.15, 0.2) is 0 Å². The molecule has 4 rings (SSSR count). The van der Waals surface area contributed by atoms with Gasteiger partial charge in [0.1, 0.15) is 12.4 Å². The van der Waals surface area contributed by atoms with Crippen LogP contribution in [-0.2, 0) is 22.6 Å². The molecule has 0 fully saturated rings. The summed E-state index contributed by atoms with van der Waals surface area (Å²) in [5, 5.41) is 0. The van der Waals surface area contributed by atoms with Crippen molar-refractivity contribution in [3.63, 3.8) is 0 Å². The van der Waals surface area contributed by atoms with E-state index in [0.29, 0.717) is 16.9 Å². The minimum atomic E-state index is -0.635. The van der Waals surface area contributed by atoms with Gasteiger partial charge in [-0.05, 0) is 48.0 Å². The number of esters is 2. The lowest BCUT2D eigenvalue weighted by molar-refractivity contribution is 0.0471. The third kappa shape index (κ3) is 3.95. The lowest BCUT2D eigenvalue weighted by Crippen LogP contribution is -2.28. The Balaban J connectivity index is 1.44. The second-order valence-electron chi connectivity index (χ2n) is 6.80. The van der Waals surface area contributed by atoms with Crippen molar-refractivity contribution in [3.05, 3.63) is 94.4 Å².